The highest BCUT2D eigenvalue weighted by Crippen LogP contribution is 2.45. The Kier molecular flexibility index (Phi) is 4.73. The summed E-state index contributed by atoms with van der Waals surface area (Å²) < 4.78 is 5.45. The predicted octanol–water partition coefficient (Wildman–Crippen LogP) is 2.46. The van der Waals surface area contributed by atoms with Crippen LogP contribution >= 0.6 is 6.26 Å². The van der Waals surface area contributed by atoms with Crippen LogP contribution in [0.3, 0.4) is 0 Å². The first-order chi connectivity index (χ1) is 4.18. The van der Waals surface area contributed by atoms with E-state index >= 15 is 0 Å². The molecule has 0 aromatic rings. The lowest BCUT2D eigenvalue weighted by molar-refractivity contribution is 0.377. The summed E-state index contributed by atoms with van der Waals surface area (Å²) in [6, 6.07) is 0. The Morgan fingerprint density at radius 1 is 1.22 bits per heavy atom. The molecular weight excluding hydrogens is 151 g/mol. The third kappa shape index (κ3) is 3.34. The lowest BCUT2D eigenvalue weighted by Gasteiger charge is -2.16. The normalized spacial score (nSPS) is 11.9. The minimum Gasteiger partial charge on any atom is -0.351 e. The largest absolute Gasteiger partial charge is 0.351 e. The minimum atomic E-state index is -1.35. The van der Waals surface area contributed by atoms with Gasteiger partial charge in [-0.25, -0.2) is 0 Å². The fraction of sp³-hybridized carbons (Fsp3) is 1.00. The van der Waals surface area contributed by atoms with Crippen LogP contribution in [0.25, 0.3) is 0 Å². The molecular formula is C6H15OPS. The van der Waals surface area contributed by atoms with Crippen molar-refractivity contribution in [3.8, 4) is 0 Å². The van der Waals surface area contributed by atoms with E-state index in [2.05, 4.69) is 13.8 Å². The summed E-state index contributed by atoms with van der Waals surface area (Å²) >= 11 is 5.29. The van der Waals surface area contributed by atoms with Crippen LogP contribution in [0.15, 0.2) is 0 Å². The SMILES string of the molecule is CCOP(=S)(CC)CC. The van der Waals surface area contributed by atoms with Gasteiger partial charge in [0.05, 0.1) is 6.26 Å². The molecule has 0 aromatic carbocycles. The zero-order chi connectivity index (χ0) is 7.33. The van der Waals surface area contributed by atoms with E-state index in [0.29, 0.717) is 0 Å². The molecule has 0 N–H and O–H groups in total. The van der Waals surface area contributed by atoms with Gasteiger partial charge in [-0.05, 0) is 19.2 Å². The Labute approximate surface area is 62.9 Å². The fourth-order valence-electron chi connectivity index (χ4n) is 0.641. The number of hydrogen-bond donors (Lipinski definition) is 0. The van der Waals surface area contributed by atoms with Gasteiger partial charge in [0.1, 0.15) is 0 Å². The zero-order valence-electron chi connectivity index (χ0n) is 6.39. The molecule has 0 fully saturated rings. The van der Waals surface area contributed by atoms with E-state index in [1.807, 2.05) is 6.92 Å². The van der Waals surface area contributed by atoms with Gasteiger partial charge in [-0.15, -0.1) is 0 Å². The maximum absolute atomic E-state index is 5.45. The standard InChI is InChI=1S/C6H15OPS/c1-4-7-8(9,5-2)6-3/h4-6H2,1-3H3. The van der Waals surface area contributed by atoms with Gasteiger partial charge < -0.3 is 4.52 Å². The smallest absolute Gasteiger partial charge is 0.0668 e. The number of hydrogen-bond acceptors (Lipinski definition) is 2. The molecule has 0 amide bonds. The molecule has 0 atom stereocenters. The van der Waals surface area contributed by atoms with Crippen molar-refractivity contribution in [3.63, 3.8) is 0 Å². The van der Waals surface area contributed by atoms with Crippen molar-refractivity contribution in [1.82, 2.24) is 0 Å². The van der Waals surface area contributed by atoms with Gasteiger partial charge in [0, 0.05) is 6.61 Å². The van der Waals surface area contributed by atoms with Crippen LogP contribution in [0.2, 0.25) is 0 Å². The molecule has 9 heavy (non-hydrogen) atoms. The van der Waals surface area contributed by atoms with Gasteiger partial charge in [0.25, 0.3) is 0 Å². The first kappa shape index (κ1) is 9.61. The molecule has 0 aliphatic heterocycles. The van der Waals surface area contributed by atoms with E-state index < -0.39 is 6.26 Å². The minimum absolute atomic E-state index is 0.777. The summed E-state index contributed by atoms with van der Waals surface area (Å²) in [6.45, 7) is 7.01. The van der Waals surface area contributed by atoms with E-state index in [-0.39, 0.29) is 0 Å². The van der Waals surface area contributed by atoms with Crippen LogP contribution in [-0.2, 0) is 16.3 Å². The van der Waals surface area contributed by atoms with E-state index in [0.717, 1.165) is 18.9 Å². The molecule has 0 heterocycles. The van der Waals surface area contributed by atoms with Gasteiger partial charge in [0.15, 0.2) is 0 Å². The first-order valence-corrected chi connectivity index (χ1v) is 6.50. The van der Waals surface area contributed by atoms with Crippen molar-refractivity contribution in [2.75, 3.05) is 18.9 Å². The lowest BCUT2D eigenvalue weighted by Crippen LogP contribution is -1.93. The molecule has 0 saturated heterocycles. The molecule has 1 nitrogen and oxygen atoms in total. The topological polar surface area (TPSA) is 9.23 Å². The Bertz CT molecular complexity index is 106. The molecule has 0 aromatic heterocycles. The van der Waals surface area contributed by atoms with Crippen molar-refractivity contribution in [2.45, 2.75) is 20.8 Å². The van der Waals surface area contributed by atoms with Crippen LogP contribution in [0.1, 0.15) is 20.8 Å². The monoisotopic (exact) mass is 166 g/mol. The van der Waals surface area contributed by atoms with E-state index in [9.17, 15) is 0 Å². The van der Waals surface area contributed by atoms with Crippen LogP contribution in [0.4, 0.5) is 0 Å². The Morgan fingerprint density at radius 2 is 1.67 bits per heavy atom. The average Bonchev–Trinajstić information content (AvgIpc) is 1.89. The quantitative estimate of drug-likeness (QED) is 0.593. The lowest BCUT2D eigenvalue weighted by atomic mass is 10.9. The molecule has 0 aliphatic rings. The summed E-state index contributed by atoms with van der Waals surface area (Å²) in [5.41, 5.74) is 0. The third-order valence-corrected chi connectivity index (χ3v) is 5.85. The highest BCUT2D eigenvalue weighted by Gasteiger charge is 2.09. The highest BCUT2D eigenvalue weighted by molar-refractivity contribution is 8.12. The third-order valence-electron chi connectivity index (χ3n) is 1.33. The zero-order valence-corrected chi connectivity index (χ0v) is 8.10. The van der Waals surface area contributed by atoms with Crippen molar-refractivity contribution in [1.29, 1.82) is 0 Å². The van der Waals surface area contributed by atoms with Crippen molar-refractivity contribution in [3.05, 3.63) is 0 Å². The average molecular weight is 166 g/mol. The van der Waals surface area contributed by atoms with Crippen LogP contribution < -0.4 is 0 Å². The van der Waals surface area contributed by atoms with Crippen molar-refractivity contribution < 1.29 is 4.52 Å². The molecule has 0 saturated carbocycles. The highest BCUT2D eigenvalue weighted by atomic mass is 32.4. The Morgan fingerprint density at radius 3 is 1.78 bits per heavy atom. The number of rotatable bonds is 4. The summed E-state index contributed by atoms with van der Waals surface area (Å²) in [5, 5.41) is 0. The molecule has 0 aliphatic carbocycles. The summed E-state index contributed by atoms with van der Waals surface area (Å²) in [5.74, 6) is 0. The van der Waals surface area contributed by atoms with Crippen molar-refractivity contribution >= 4 is 18.1 Å². The second-order valence-electron chi connectivity index (χ2n) is 1.86. The van der Waals surface area contributed by atoms with Crippen LogP contribution in [-0.4, -0.2) is 18.9 Å². The summed E-state index contributed by atoms with van der Waals surface area (Å²) in [4.78, 5) is 0. The van der Waals surface area contributed by atoms with E-state index in [4.69, 9.17) is 16.3 Å². The maximum atomic E-state index is 5.45. The van der Waals surface area contributed by atoms with Gasteiger partial charge in [-0.3, -0.25) is 0 Å². The Hall–Kier alpha value is 0.610. The van der Waals surface area contributed by atoms with Gasteiger partial charge in [-0.1, -0.05) is 25.7 Å². The van der Waals surface area contributed by atoms with E-state index in [1.165, 1.54) is 0 Å². The molecule has 0 bridgehead atoms. The van der Waals surface area contributed by atoms with E-state index in [1.54, 1.807) is 0 Å². The molecule has 0 radical (unpaired) electrons. The van der Waals surface area contributed by atoms with Gasteiger partial charge >= 0.3 is 0 Å². The Balaban J connectivity index is 3.78. The molecule has 56 valence electrons. The second kappa shape index (κ2) is 4.43. The molecule has 0 spiro atoms. The van der Waals surface area contributed by atoms with Gasteiger partial charge in [-0.2, -0.15) is 0 Å². The molecule has 0 rings (SSSR count). The fourth-order valence-corrected chi connectivity index (χ4v) is 2.24. The summed E-state index contributed by atoms with van der Waals surface area (Å²) in [6.07, 6.45) is 0.721. The second-order valence-corrected chi connectivity index (χ2v) is 7.01. The molecule has 3 heteroatoms. The first-order valence-electron chi connectivity index (χ1n) is 3.41. The maximum Gasteiger partial charge on any atom is 0.0668 e. The van der Waals surface area contributed by atoms with Crippen LogP contribution in [0.5, 0.6) is 0 Å². The predicted molar refractivity (Wildman–Crippen MR) is 47.0 cm³/mol. The van der Waals surface area contributed by atoms with Crippen molar-refractivity contribution in [2.24, 2.45) is 0 Å². The molecule has 0 unspecified atom stereocenters. The van der Waals surface area contributed by atoms with Gasteiger partial charge in [0.2, 0.25) is 0 Å². The summed E-state index contributed by atoms with van der Waals surface area (Å²) in [7, 11) is 0. The van der Waals surface area contributed by atoms with Crippen LogP contribution in [0, 0.1) is 0 Å².